The Labute approximate surface area is 181 Å². The Morgan fingerprint density at radius 3 is 1.57 bits per heavy atom. The zero-order valence-corrected chi connectivity index (χ0v) is 19.2. The van der Waals surface area contributed by atoms with Crippen molar-refractivity contribution in [3.05, 3.63) is 47.5 Å². The van der Waals surface area contributed by atoms with Gasteiger partial charge in [0.2, 0.25) is 20.0 Å². The topological polar surface area (TPSA) is 125 Å². The van der Waals surface area contributed by atoms with Crippen LogP contribution in [0.25, 0.3) is 11.1 Å². The molecule has 0 saturated heterocycles. The molecule has 0 saturated carbocycles. The van der Waals surface area contributed by atoms with Gasteiger partial charge in [0.25, 0.3) is 0 Å². The molecule has 3 rings (SSSR count). The molecular weight excluding hydrogens is 446 g/mol. The van der Waals surface area contributed by atoms with Crippen molar-refractivity contribution in [3.8, 4) is 11.1 Å². The summed E-state index contributed by atoms with van der Waals surface area (Å²) in [5, 5.41) is 4.15. The lowest BCUT2D eigenvalue weighted by molar-refractivity contribution is 0.519. The van der Waals surface area contributed by atoms with Gasteiger partial charge in [-0.25, -0.2) is 25.4 Å². The Balaban J connectivity index is 2.26. The van der Waals surface area contributed by atoms with Crippen molar-refractivity contribution >= 4 is 43.1 Å². The number of nitrogens with one attached hydrogen (secondary N) is 1. The SMILES string of the molecule is CN(C)S(=O)(=O)c1ccc2c(c1)C(=NNC(N)=S)c1cc(S(=O)(=O)N(C)C)ccc1-2. The Bertz CT molecular complexity index is 1190. The molecule has 2 aromatic carbocycles. The molecule has 2 aromatic rings. The fraction of sp³-hybridized carbons (Fsp3) is 0.222. The monoisotopic (exact) mass is 467 g/mol. The Morgan fingerprint density at radius 2 is 1.23 bits per heavy atom. The molecule has 0 atom stereocenters. The molecule has 1 aliphatic rings. The summed E-state index contributed by atoms with van der Waals surface area (Å²) < 4.78 is 52.6. The van der Waals surface area contributed by atoms with Crippen LogP contribution in [0.3, 0.4) is 0 Å². The van der Waals surface area contributed by atoms with Crippen LogP contribution < -0.4 is 11.2 Å². The van der Waals surface area contributed by atoms with E-state index in [9.17, 15) is 16.8 Å². The van der Waals surface area contributed by atoms with Crippen LogP contribution in [0, 0.1) is 0 Å². The second-order valence-corrected chi connectivity index (χ2v) is 11.7. The molecular formula is C18H21N5O4S3. The quantitative estimate of drug-likeness (QED) is 0.419. The number of hydrogen-bond donors (Lipinski definition) is 2. The summed E-state index contributed by atoms with van der Waals surface area (Å²) in [6, 6.07) is 9.37. The van der Waals surface area contributed by atoms with E-state index in [1.54, 1.807) is 12.1 Å². The molecule has 0 amide bonds. The summed E-state index contributed by atoms with van der Waals surface area (Å²) in [6.07, 6.45) is 0. The first kappa shape index (κ1) is 22.3. The van der Waals surface area contributed by atoms with Crippen LogP contribution >= 0.6 is 12.2 Å². The summed E-state index contributed by atoms with van der Waals surface area (Å²) in [5.74, 6) is 0. The second-order valence-electron chi connectivity index (χ2n) is 6.93. The maximum atomic E-state index is 12.6. The maximum Gasteiger partial charge on any atom is 0.242 e. The fourth-order valence-corrected chi connectivity index (χ4v) is 4.93. The lowest BCUT2D eigenvalue weighted by atomic mass is 10.1. The first-order valence-corrected chi connectivity index (χ1v) is 11.9. The van der Waals surface area contributed by atoms with Gasteiger partial charge in [-0.1, -0.05) is 12.1 Å². The average molecular weight is 468 g/mol. The first-order valence-electron chi connectivity index (χ1n) is 8.64. The highest BCUT2D eigenvalue weighted by atomic mass is 32.2. The van der Waals surface area contributed by atoms with Gasteiger partial charge >= 0.3 is 0 Å². The summed E-state index contributed by atoms with van der Waals surface area (Å²) in [4.78, 5) is 0.173. The van der Waals surface area contributed by atoms with Crippen LogP contribution in [-0.2, 0) is 20.0 Å². The zero-order valence-electron chi connectivity index (χ0n) is 16.7. The van der Waals surface area contributed by atoms with E-state index in [1.165, 1.54) is 52.5 Å². The molecule has 160 valence electrons. The Hall–Kier alpha value is -2.38. The Morgan fingerprint density at radius 1 is 0.833 bits per heavy atom. The third-order valence-corrected chi connectivity index (χ3v) is 8.33. The minimum absolute atomic E-state index is 0.0772. The minimum atomic E-state index is -3.68. The van der Waals surface area contributed by atoms with Gasteiger partial charge in [-0.3, -0.25) is 5.43 Å². The van der Waals surface area contributed by atoms with Crippen molar-refractivity contribution in [1.82, 2.24) is 14.0 Å². The standard InChI is InChI=1S/C18H21N5O4S3/c1-22(2)29(24,25)11-5-7-13-14-8-6-12(30(26,27)23(3)4)10-16(14)17(15(13)9-11)20-21-18(19)28/h5-10H,1-4H3,(H3,19,21,28). The van der Waals surface area contributed by atoms with Gasteiger partial charge in [-0.2, -0.15) is 5.10 Å². The molecule has 9 nitrogen and oxygen atoms in total. The van der Waals surface area contributed by atoms with E-state index in [2.05, 4.69) is 10.5 Å². The first-order chi connectivity index (χ1) is 13.9. The third-order valence-electron chi connectivity index (χ3n) is 4.62. The molecule has 0 unspecified atom stereocenters. The smallest absolute Gasteiger partial charge is 0.242 e. The normalized spacial score (nSPS) is 13.3. The third kappa shape index (κ3) is 3.72. The molecule has 0 heterocycles. The molecule has 0 aromatic heterocycles. The van der Waals surface area contributed by atoms with Crippen molar-refractivity contribution in [3.63, 3.8) is 0 Å². The number of nitrogens with zero attached hydrogens (tertiary/aromatic N) is 3. The minimum Gasteiger partial charge on any atom is -0.375 e. The molecule has 3 N–H and O–H groups in total. The molecule has 0 aliphatic heterocycles. The molecule has 30 heavy (non-hydrogen) atoms. The van der Waals surface area contributed by atoms with E-state index < -0.39 is 20.0 Å². The van der Waals surface area contributed by atoms with Crippen LogP contribution in [0.2, 0.25) is 0 Å². The highest BCUT2D eigenvalue weighted by molar-refractivity contribution is 7.89. The van der Waals surface area contributed by atoms with Gasteiger partial charge in [0.15, 0.2) is 5.11 Å². The maximum absolute atomic E-state index is 12.6. The fourth-order valence-electron chi connectivity index (χ4n) is 3.03. The van der Waals surface area contributed by atoms with Crippen LogP contribution in [0.1, 0.15) is 11.1 Å². The second kappa shape index (κ2) is 7.71. The molecule has 0 radical (unpaired) electrons. The van der Waals surface area contributed by atoms with E-state index >= 15 is 0 Å². The van der Waals surface area contributed by atoms with Gasteiger partial charge < -0.3 is 5.73 Å². The number of hydrazone groups is 1. The van der Waals surface area contributed by atoms with Crippen molar-refractivity contribution in [2.75, 3.05) is 28.2 Å². The van der Waals surface area contributed by atoms with Crippen molar-refractivity contribution < 1.29 is 16.8 Å². The molecule has 0 fully saturated rings. The zero-order chi connectivity index (χ0) is 22.4. The van der Waals surface area contributed by atoms with Crippen LogP contribution in [-0.4, -0.2) is 64.5 Å². The predicted octanol–water partition coefficient (Wildman–Crippen LogP) is 0.753. The van der Waals surface area contributed by atoms with E-state index in [-0.39, 0.29) is 14.9 Å². The average Bonchev–Trinajstić information content (AvgIpc) is 2.98. The van der Waals surface area contributed by atoms with E-state index in [0.717, 1.165) is 19.7 Å². The number of thiocarbonyl (C=S) groups is 1. The van der Waals surface area contributed by atoms with Crippen LogP contribution in [0.5, 0.6) is 0 Å². The molecule has 1 aliphatic carbocycles. The summed E-state index contributed by atoms with van der Waals surface area (Å²) in [6.45, 7) is 0. The van der Waals surface area contributed by atoms with E-state index in [4.69, 9.17) is 18.0 Å². The van der Waals surface area contributed by atoms with Gasteiger partial charge in [-0.15, -0.1) is 0 Å². The summed E-state index contributed by atoms with van der Waals surface area (Å²) >= 11 is 4.82. The summed E-state index contributed by atoms with van der Waals surface area (Å²) in [7, 11) is -1.58. The number of nitrogens with two attached hydrogens (primary N) is 1. The largest absolute Gasteiger partial charge is 0.375 e. The highest BCUT2D eigenvalue weighted by Gasteiger charge is 2.30. The predicted molar refractivity (Wildman–Crippen MR) is 119 cm³/mol. The Kier molecular flexibility index (Phi) is 5.73. The lowest BCUT2D eigenvalue weighted by Crippen LogP contribution is -2.26. The van der Waals surface area contributed by atoms with Gasteiger partial charge in [0, 0.05) is 39.3 Å². The van der Waals surface area contributed by atoms with Crippen molar-refractivity contribution in [2.24, 2.45) is 10.8 Å². The number of fused-ring (bicyclic) bond motifs is 3. The molecule has 0 spiro atoms. The number of rotatable bonds is 5. The van der Waals surface area contributed by atoms with Gasteiger partial charge in [0.1, 0.15) is 0 Å². The summed E-state index contributed by atoms with van der Waals surface area (Å²) in [5.41, 5.74) is 10.8. The van der Waals surface area contributed by atoms with Crippen molar-refractivity contribution in [1.29, 1.82) is 0 Å². The highest BCUT2D eigenvalue weighted by Crippen LogP contribution is 2.39. The number of sulfonamides is 2. The van der Waals surface area contributed by atoms with Crippen LogP contribution in [0.4, 0.5) is 0 Å². The van der Waals surface area contributed by atoms with Gasteiger partial charge in [0.05, 0.1) is 15.5 Å². The van der Waals surface area contributed by atoms with Gasteiger partial charge in [-0.05, 0) is 47.6 Å². The number of hydrogen-bond acceptors (Lipinski definition) is 6. The van der Waals surface area contributed by atoms with E-state index in [0.29, 0.717) is 16.8 Å². The number of benzene rings is 2. The lowest BCUT2D eigenvalue weighted by Gasteiger charge is -2.12. The van der Waals surface area contributed by atoms with Crippen LogP contribution in [0.15, 0.2) is 51.3 Å². The molecule has 12 heteroatoms. The molecule has 0 bridgehead atoms. The van der Waals surface area contributed by atoms with Crippen molar-refractivity contribution in [2.45, 2.75) is 9.79 Å². The van der Waals surface area contributed by atoms with E-state index in [1.807, 2.05) is 0 Å².